The minimum absolute atomic E-state index is 0.0853. The molecule has 0 unspecified atom stereocenters. The van der Waals surface area contributed by atoms with Crippen molar-refractivity contribution in [3.63, 3.8) is 0 Å². The van der Waals surface area contributed by atoms with E-state index < -0.39 is 10.0 Å². The number of hydrogen-bond acceptors (Lipinski definition) is 5. The van der Waals surface area contributed by atoms with Gasteiger partial charge in [0.15, 0.2) is 0 Å². The summed E-state index contributed by atoms with van der Waals surface area (Å²) in [6, 6.07) is 18.8. The van der Waals surface area contributed by atoms with Gasteiger partial charge >= 0.3 is 0 Å². The zero-order chi connectivity index (χ0) is 22.6. The van der Waals surface area contributed by atoms with E-state index in [1.165, 1.54) is 9.71 Å². The highest BCUT2D eigenvalue weighted by Gasteiger charge is 2.28. The second-order valence-electron chi connectivity index (χ2n) is 7.60. The Morgan fingerprint density at radius 2 is 1.62 bits per heavy atom. The largest absolute Gasteiger partial charge is 0.441 e. The van der Waals surface area contributed by atoms with Crippen LogP contribution in [0, 0.1) is 6.92 Å². The number of hydrogen-bond donors (Lipinski definition) is 0. The molecule has 1 fully saturated rings. The first-order chi connectivity index (χ1) is 15.4. The topological polar surface area (TPSA) is 83.7 Å². The van der Waals surface area contributed by atoms with E-state index in [1.54, 1.807) is 17.9 Å². The molecule has 0 bridgehead atoms. The van der Waals surface area contributed by atoms with Crippen molar-refractivity contribution in [2.45, 2.75) is 13.3 Å². The summed E-state index contributed by atoms with van der Waals surface area (Å²) in [5, 5.41) is 1.23. The summed E-state index contributed by atoms with van der Waals surface area (Å²) in [5.41, 5.74) is 2.29. The summed E-state index contributed by atoms with van der Waals surface area (Å²) >= 11 is 0. The van der Waals surface area contributed by atoms with Crippen molar-refractivity contribution in [1.82, 2.24) is 14.2 Å². The molecule has 1 aliphatic rings. The van der Waals surface area contributed by atoms with Crippen molar-refractivity contribution in [3.05, 3.63) is 83.1 Å². The van der Waals surface area contributed by atoms with Crippen molar-refractivity contribution in [3.8, 4) is 11.5 Å². The number of carbonyl (C=O) groups excluding carboxylic acids is 1. The van der Waals surface area contributed by atoms with Crippen LogP contribution in [0.3, 0.4) is 0 Å². The van der Waals surface area contributed by atoms with Gasteiger partial charge < -0.3 is 9.32 Å². The third kappa shape index (κ3) is 5.15. The number of amides is 1. The number of rotatable bonds is 6. The lowest BCUT2D eigenvalue weighted by Gasteiger charge is -2.33. The average Bonchev–Trinajstić information content (AvgIpc) is 3.19. The second kappa shape index (κ2) is 9.50. The number of carbonyl (C=O) groups is 1. The van der Waals surface area contributed by atoms with Crippen LogP contribution in [0.2, 0.25) is 0 Å². The Hall–Kier alpha value is -3.23. The molecule has 0 aliphatic carbocycles. The van der Waals surface area contributed by atoms with Crippen LogP contribution >= 0.6 is 0 Å². The third-order valence-corrected chi connectivity index (χ3v) is 6.98. The van der Waals surface area contributed by atoms with Crippen LogP contribution in [0.15, 0.2) is 70.5 Å². The molecule has 1 aromatic heterocycles. The fraction of sp³-hybridized carbons (Fsp3) is 0.250. The number of benzene rings is 2. The van der Waals surface area contributed by atoms with Crippen LogP contribution in [0.5, 0.6) is 0 Å². The number of piperazine rings is 1. The van der Waals surface area contributed by atoms with Crippen LogP contribution in [0.25, 0.3) is 17.5 Å². The van der Waals surface area contributed by atoms with Gasteiger partial charge in [-0.25, -0.2) is 13.4 Å². The number of oxazole rings is 1. The molecule has 0 spiro atoms. The summed E-state index contributed by atoms with van der Waals surface area (Å²) in [6.45, 7) is 3.02. The van der Waals surface area contributed by atoms with Gasteiger partial charge in [-0.15, -0.1) is 0 Å². The second-order valence-corrected chi connectivity index (χ2v) is 9.42. The van der Waals surface area contributed by atoms with Crippen LogP contribution in [0.4, 0.5) is 0 Å². The highest BCUT2D eigenvalue weighted by molar-refractivity contribution is 7.92. The predicted molar refractivity (Wildman–Crippen MR) is 123 cm³/mol. The molecule has 2 heterocycles. The molecule has 0 saturated carbocycles. The van der Waals surface area contributed by atoms with Crippen LogP contribution < -0.4 is 0 Å². The van der Waals surface area contributed by atoms with Crippen molar-refractivity contribution < 1.29 is 17.6 Å². The molecule has 0 radical (unpaired) electrons. The predicted octanol–water partition coefficient (Wildman–Crippen LogP) is 3.34. The molecule has 1 saturated heterocycles. The molecule has 2 aromatic carbocycles. The van der Waals surface area contributed by atoms with Gasteiger partial charge in [-0.2, -0.15) is 4.31 Å². The van der Waals surface area contributed by atoms with E-state index in [4.69, 9.17) is 4.42 Å². The first-order valence-corrected chi connectivity index (χ1v) is 12.0. The fourth-order valence-electron chi connectivity index (χ4n) is 3.56. The smallest absolute Gasteiger partial charge is 0.236 e. The Morgan fingerprint density at radius 1 is 1.00 bits per heavy atom. The first-order valence-electron chi connectivity index (χ1n) is 10.5. The maximum absolute atomic E-state index is 12.8. The standard InChI is InChI=1S/C24H25N3O4S/c1-19-22(25-24(31-19)21-10-6-3-7-11-21)18-23(28)26-13-15-27(16-14-26)32(29,30)17-12-20-8-4-2-5-9-20/h2-12,17H,13-16,18H2,1H3/b17-12+. The molecule has 7 nitrogen and oxygen atoms in total. The van der Waals surface area contributed by atoms with Crippen molar-refractivity contribution >= 4 is 22.0 Å². The summed E-state index contributed by atoms with van der Waals surface area (Å²) in [7, 11) is -3.54. The molecule has 3 aromatic rings. The summed E-state index contributed by atoms with van der Waals surface area (Å²) in [6.07, 6.45) is 1.72. The maximum atomic E-state index is 12.8. The van der Waals surface area contributed by atoms with E-state index in [9.17, 15) is 13.2 Å². The van der Waals surface area contributed by atoms with Gasteiger partial charge in [0.05, 0.1) is 12.1 Å². The average molecular weight is 452 g/mol. The van der Waals surface area contributed by atoms with Crippen molar-refractivity contribution in [2.24, 2.45) is 0 Å². The SMILES string of the molecule is Cc1oc(-c2ccccc2)nc1CC(=O)N1CCN(S(=O)(=O)/C=C/c2ccccc2)CC1. The van der Waals surface area contributed by atoms with Crippen LogP contribution in [-0.4, -0.2) is 54.7 Å². The molecule has 166 valence electrons. The number of aromatic nitrogens is 1. The number of nitrogens with zero attached hydrogens (tertiary/aromatic N) is 3. The Bertz CT molecular complexity index is 1200. The lowest BCUT2D eigenvalue weighted by atomic mass is 10.2. The Labute approximate surface area is 188 Å². The highest BCUT2D eigenvalue weighted by Crippen LogP contribution is 2.22. The summed E-state index contributed by atoms with van der Waals surface area (Å²) in [5.74, 6) is 1.02. The van der Waals surface area contributed by atoms with E-state index in [0.717, 1.165) is 11.1 Å². The van der Waals surface area contributed by atoms with E-state index >= 15 is 0 Å². The van der Waals surface area contributed by atoms with Gasteiger partial charge in [-0.1, -0.05) is 48.5 Å². The van der Waals surface area contributed by atoms with E-state index in [1.807, 2.05) is 60.7 Å². The van der Waals surface area contributed by atoms with Gasteiger partial charge in [0.2, 0.25) is 21.8 Å². The van der Waals surface area contributed by atoms with E-state index in [0.29, 0.717) is 30.4 Å². The first kappa shape index (κ1) is 22.0. The van der Waals surface area contributed by atoms with Crippen LogP contribution in [0.1, 0.15) is 17.0 Å². The molecule has 1 amide bonds. The molecule has 1 aliphatic heterocycles. The quantitative estimate of drug-likeness (QED) is 0.574. The normalized spacial score (nSPS) is 15.3. The molecule has 0 N–H and O–H groups in total. The Balaban J connectivity index is 1.35. The van der Waals surface area contributed by atoms with Gasteiger partial charge in [0.1, 0.15) is 5.76 Å². The summed E-state index contributed by atoms with van der Waals surface area (Å²) in [4.78, 5) is 19.0. The Morgan fingerprint density at radius 3 is 2.28 bits per heavy atom. The molecular formula is C24H25N3O4S. The molecule has 32 heavy (non-hydrogen) atoms. The number of sulfonamides is 1. The fourth-order valence-corrected chi connectivity index (χ4v) is 4.73. The lowest BCUT2D eigenvalue weighted by molar-refractivity contribution is -0.131. The minimum Gasteiger partial charge on any atom is -0.441 e. The lowest BCUT2D eigenvalue weighted by Crippen LogP contribution is -2.50. The van der Waals surface area contributed by atoms with Gasteiger partial charge in [0.25, 0.3) is 0 Å². The van der Waals surface area contributed by atoms with E-state index in [-0.39, 0.29) is 25.4 Å². The number of aryl methyl sites for hydroxylation is 1. The van der Waals surface area contributed by atoms with E-state index in [2.05, 4.69) is 4.98 Å². The zero-order valence-electron chi connectivity index (χ0n) is 17.8. The molecule has 4 rings (SSSR count). The zero-order valence-corrected chi connectivity index (χ0v) is 18.7. The monoisotopic (exact) mass is 451 g/mol. The Kier molecular flexibility index (Phi) is 6.53. The molecular weight excluding hydrogens is 426 g/mol. The van der Waals surface area contributed by atoms with Gasteiger partial charge in [-0.3, -0.25) is 4.79 Å². The van der Waals surface area contributed by atoms with Crippen molar-refractivity contribution in [1.29, 1.82) is 0 Å². The van der Waals surface area contributed by atoms with Crippen molar-refractivity contribution in [2.75, 3.05) is 26.2 Å². The maximum Gasteiger partial charge on any atom is 0.236 e. The minimum atomic E-state index is -3.54. The highest BCUT2D eigenvalue weighted by atomic mass is 32.2. The molecule has 8 heteroatoms. The third-order valence-electron chi connectivity index (χ3n) is 5.42. The van der Waals surface area contributed by atoms with Gasteiger partial charge in [-0.05, 0) is 30.7 Å². The summed E-state index contributed by atoms with van der Waals surface area (Å²) < 4.78 is 32.4. The van der Waals surface area contributed by atoms with Crippen LogP contribution in [-0.2, 0) is 21.2 Å². The molecule has 0 atom stereocenters. The van der Waals surface area contributed by atoms with Gasteiger partial charge in [0, 0.05) is 37.2 Å².